The summed E-state index contributed by atoms with van der Waals surface area (Å²) in [5.41, 5.74) is 1.45. The Morgan fingerprint density at radius 2 is 2.11 bits per heavy atom. The summed E-state index contributed by atoms with van der Waals surface area (Å²) in [4.78, 5) is 6.14. The van der Waals surface area contributed by atoms with Crippen molar-refractivity contribution < 1.29 is 9.50 Å². The number of nitrogens with zero attached hydrogens (tertiary/aromatic N) is 2. The molecule has 0 aliphatic heterocycles. The summed E-state index contributed by atoms with van der Waals surface area (Å²) in [7, 11) is 0. The van der Waals surface area contributed by atoms with E-state index in [-0.39, 0.29) is 12.4 Å². The first-order valence-corrected chi connectivity index (χ1v) is 5.84. The molecule has 0 saturated heterocycles. The Kier molecular flexibility index (Phi) is 3.89. The third-order valence-electron chi connectivity index (χ3n) is 2.73. The highest BCUT2D eigenvalue weighted by Crippen LogP contribution is 2.26. The summed E-state index contributed by atoms with van der Waals surface area (Å²) in [5.74, 6) is 0.375. The van der Waals surface area contributed by atoms with Crippen LogP contribution in [-0.2, 0) is 6.61 Å². The number of anilines is 2. The second kappa shape index (κ2) is 5.60. The molecule has 2 aromatic rings. The van der Waals surface area contributed by atoms with Gasteiger partial charge in [-0.05, 0) is 31.2 Å². The first-order valence-electron chi connectivity index (χ1n) is 5.84. The molecule has 0 atom stereocenters. The van der Waals surface area contributed by atoms with Gasteiger partial charge in [0.25, 0.3) is 0 Å². The lowest BCUT2D eigenvalue weighted by atomic mass is 10.2. The van der Waals surface area contributed by atoms with E-state index < -0.39 is 0 Å². The maximum atomic E-state index is 13.3. The highest BCUT2D eigenvalue weighted by molar-refractivity contribution is 5.62. The summed E-state index contributed by atoms with van der Waals surface area (Å²) in [6.45, 7) is 2.52. The van der Waals surface area contributed by atoms with Gasteiger partial charge in [-0.1, -0.05) is 12.1 Å². The summed E-state index contributed by atoms with van der Waals surface area (Å²) in [6, 6.07) is 9.93. The molecule has 4 heteroatoms. The minimum Gasteiger partial charge on any atom is -0.392 e. The van der Waals surface area contributed by atoms with Gasteiger partial charge < -0.3 is 10.0 Å². The average molecular weight is 246 g/mol. The van der Waals surface area contributed by atoms with Crippen molar-refractivity contribution in [1.29, 1.82) is 0 Å². The monoisotopic (exact) mass is 246 g/mol. The quantitative estimate of drug-likeness (QED) is 0.901. The van der Waals surface area contributed by atoms with Crippen molar-refractivity contribution in [2.75, 3.05) is 11.4 Å². The van der Waals surface area contributed by atoms with Gasteiger partial charge in [0.05, 0.1) is 6.61 Å². The van der Waals surface area contributed by atoms with E-state index in [9.17, 15) is 9.50 Å². The Hall–Kier alpha value is -1.94. The fraction of sp³-hybridized carbons (Fsp3) is 0.214. The summed E-state index contributed by atoms with van der Waals surface area (Å²) in [6.07, 6.45) is 1.66. The van der Waals surface area contributed by atoms with E-state index in [0.29, 0.717) is 12.4 Å². The number of pyridine rings is 1. The number of aliphatic hydroxyl groups is 1. The maximum absolute atomic E-state index is 13.3. The van der Waals surface area contributed by atoms with Crippen LogP contribution in [0.4, 0.5) is 15.9 Å². The number of aromatic nitrogens is 1. The van der Waals surface area contributed by atoms with E-state index >= 15 is 0 Å². The Labute approximate surface area is 106 Å². The predicted molar refractivity (Wildman–Crippen MR) is 69.2 cm³/mol. The van der Waals surface area contributed by atoms with E-state index in [1.165, 1.54) is 12.1 Å². The van der Waals surface area contributed by atoms with Crippen molar-refractivity contribution in [1.82, 2.24) is 4.98 Å². The van der Waals surface area contributed by atoms with Crippen LogP contribution < -0.4 is 4.90 Å². The van der Waals surface area contributed by atoms with Crippen molar-refractivity contribution in [3.8, 4) is 0 Å². The molecule has 0 spiro atoms. The molecular weight excluding hydrogens is 231 g/mol. The van der Waals surface area contributed by atoms with Gasteiger partial charge in [-0.25, -0.2) is 9.37 Å². The molecule has 0 fully saturated rings. The van der Waals surface area contributed by atoms with Gasteiger partial charge in [0.1, 0.15) is 11.6 Å². The van der Waals surface area contributed by atoms with Gasteiger partial charge in [-0.2, -0.15) is 0 Å². The minimum atomic E-state index is -0.285. The largest absolute Gasteiger partial charge is 0.392 e. The molecule has 18 heavy (non-hydrogen) atoms. The molecule has 2 rings (SSSR count). The molecule has 0 unspecified atom stereocenters. The van der Waals surface area contributed by atoms with Crippen LogP contribution in [0.2, 0.25) is 0 Å². The number of hydrogen-bond acceptors (Lipinski definition) is 3. The minimum absolute atomic E-state index is 0.0883. The molecule has 0 aliphatic rings. The number of rotatable bonds is 4. The van der Waals surface area contributed by atoms with Crippen molar-refractivity contribution in [3.63, 3.8) is 0 Å². The van der Waals surface area contributed by atoms with Gasteiger partial charge in [0.15, 0.2) is 0 Å². The molecule has 1 heterocycles. The molecule has 1 aromatic heterocycles. The van der Waals surface area contributed by atoms with Gasteiger partial charge in [-0.15, -0.1) is 0 Å². The van der Waals surface area contributed by atoms with Crippen LogP contribution in [0.15, 0.2) is 42.6 Å². The SMILES string of the molecule is CCN(c1cccc(F)c1)c1ncccc1CO. The van der Waals surface area contributed by atoms with Crippen LogP contribution in [0.5, 0.6) is 0 Å². The summed E-state index contributed by atoms with van der Waals surface area (Å²) in [5, 5.41) is 9.32. The normalized spacial score (nSPS) is 10.4. The highest BCUT2D eigenvalue weighted by Gasteiger charge is 2.12. The Morgan fingerprint density at radius 3 is 2.78 bits per heavy atom. The summed E-state index contributed by atoms with van der Waals surface area (Å²) >= 11 is 0. The van der Waals surface area contributed by atoms with Gasteiger partial charge in [0, 0.05) is 24.0 Å². The third-order valence-corrected chi connectivity index (χ3v) is 2.73. The van der Waals surface area contributed by atoms with E-state index in [1.54, 1.807) is 18.3 Å². The molecule has 1 aromatic carbocycles. The van der Waals surface area contributed by atoms with Crippen molar-refractivity contribution >= 4 is 11.5 Å². The molecule has 1 N–H and O–H groups in total. The Balaban J connectivity index is 2.45. The standard InChI is InChI=1S/C14H15FN2O/c1-2-17(13-7-3-6-12(15)9-13)14-11(10-18)5-4-8-16-14/h3-9,18H,2,10H2,1H3. The Morgan fingerprint density at radius 1 is 1.28 bits per heavy atom. The van der Waals surface area contributed by atoms with E-state index in [4.69, 9.17) is 0 Å². The zero-order valence-corrected chi connectivity index (χ0v) is 10.2. The van der Waals surface area contributed by atoms with E-state index in [1.807, 2.05) is 24.0 Å². The fourth-order valence-electron chi connectivity index (χ4n) is 1.90. The average Bonchev–Trinajstić information content (AvgIpc) is 2.40. The van der Waals surface area contributed by atoms with Crippen LogP contribution >= 0.6 is 0 Å². The van der Waals surface area contributed by atoms with Crippen LogP contribution in [0.25, 0.3) is 0 Å². The molecule has 0 amide bonds. The molecule has 0 saturated carbocycles. The molecule has 0 aliphatic carbocycles. The second-order valence-corrected chi connectivity index (χ2v) is 3.87. The molecular formula is C14H15FN2O. The molecule has 0 radical (unpaired) electrons. The number of benzene rings is 1. The third kappa shape index (κ3) is 2.49. The first kappa shape index (κ1) is 12.5. The van der Waals surface area contributed by atoms with E-state index in [2.05, 4.69) is 4.98 Å². The van der Waals surface area contributed by atoms with Crippen LogP contribution in [0.3, 0.4) is 0 Å². The smallest absolute Gasteiger partial charge is 0.138 e. The Bertz CT molecular complexity index is 531. The van der Waals surface area contributed by atoms with Crippen LogP contribution in [0.1, 0.15) is 12.5 Å². The van der Waals surface area contributed by atoms with Crippen molar-refractivity contribution in [2.45, 2.75) is 13.5 Å². The first-order chi connectivity index (χ1) is 8.76. The number of halogens is 1. The van der Waals surface area contributed by atoms with Gasteiger partial charge in [-0.3, -0.25) is 0 Å². The number of aliphatic hydroxyl groups excluding tert-OH is 1. The number of hydrogen-bond donors (Lipinski definition) is 1. The van der Waals surface area contributed by atoms with Crippen LogP contribution in [0, 0.1) is 5.82 Å². The highest BCUT2D eigenvalue weighted by atomic mass is 19.1. The van der Waals surface area contributed by atoms with E-state index in [0.717, 1.165) is 11.3 Å². The lowest BCUT2D eigenvalue weighted by Gasteiger charge is -2.24. The molecule has 94 valence electrons. The van der Waals surface area contributed by atoms with Crippen molar-refractivity contribution in [3.05, 3.63) is 54.0 Å². The van der Waals surface area contributed by atoms with Gasteiger partial charge in [0.2, 0.25) is 0 Å². The molecule has 3 nitrogen and oxygen atoms in total. The predicted octanol–water partition coefficient (Wildman–Crippen LogP) is 2.87. The fourth-order valence-corrected chi connectivity index (χ4v) is 1.90. The zero-order chi connectivity index (χ0) is 13.0. The summed E-state index contributed by atoms with van der Waals surface area (Å²) < 4.78 is 13.3. The lowest BCUT2D eigenvalue weighted by molar-refractivity contribution is 0.282. The van der Waals surface area contributed by atoms with Gasteiger partial charge >= 0.3 is 0 Å². The van der Waals surface area contributed by atoms with Crippen molar-refractivity contribution in [2.24, 2.45) is 0 Å². The second-order valence-electron chi connectivity index (χ2n) is 3.87. The molecule has 0 bridgehead atoms. The zero-order valence-electron chi connectivity index (χ0n) is 10.2. The maximum Gasteiger partial charge on any atom is 0.138 e. The van der Waals surface area contributed by atoms with Crippen LogP contribution in [-0.4, -0.2) is 16.6 Å². The lowest BCUT2D eigenvalue weighted by Crippen LogP contribution is -2.19. The topological polar surface area (TPSA) is 36.4 Å².